The fourth-order valence-electron chi connectivity index (χ4n) is 2.93. The molecule has 7 heteroatoms. The molecule has 0 bridgehead atoms. The number of furan rings is 1. The van der Waals surface area contributed by atoms with E-state index < -0.39 is 5.54 Å². The highest BCUT2D eigenvalue weighted by atomic mass is 16.3. The van der Waals surface area contributed by atoms with Crippen LogP contribution in [-0.4, -0.2) is 21.1 Å². The van der Waals surface area contributed by atoms with Crippen molar-refractivity contribution in [3.63, 3.8) is 0 Å². The number of aromatic amines is 1. The van der Waals surface area contributed by atoms with Crippen molar-refractivity contribution in [3.8, 4) is 0 Å². The Morgan fingerprint density at radius 1 is 1.40 bits per heavy atom. The maximum absolute atomic E-state index is 12.5. The van der Waals surface area contributed by atoms with Crippen LogP contribution in [0.5, 0.6) is 0 Å². The molecule has 2 aliphatic rings. The molecule has 0 aromatic carbocycles. The first-order valence-corrected chi connectivity index (χ1v) is 6.77. The van der Waals surface area contributed by atoms with Crippen LogP contribution in [0, 0.1) is 0 Å². The highest BCUT2D eigenvalue weighted by Crippen LogP contribution is 2.39. The average Bonchev–Trinajstić information content (AvgIpc) is 3.08. The Hall–Kier alpha value is -2.15. The minimum atomic E-state index is -0.399. The van der Waals surface area contributed by atoms with Crippen molar-refractivity contribution in [1.82, 2.24) is 25.8 Å². The van der Waals surface area contributed by atoms with Crippen LogP contribution >= 0.6 is 0 Å². The molecule has 2 aromatic heterocycles. The molecular weight excluding hydrogens is 258 g/mol. The summed E-state index contributed by atoms with van der Waals surface area (Å²) in [6.45, 7) is 1.37. The molecule has 4 rings (SSSR count). The third kappa shape index (κ3) is 1.59. The maximum Gasteiger partial charge on any atom is 0.255 e. The lowest BCUT2D eigenvalue weighted by Gasteiger charge is -2.40. The first kappa shape index (κ1) is 11.7. The fraction of sp³-hybridized carbons (Fsp3) is 0.462. The van der Waals surface area contributed by atoms with Gasteiger partial charge in [-0.25, -0.2) is 4.98 Å². The van der Waals surface area contributed by atoms with Crippen LogP contribution in [0.25, 0.3) is 0 Å². The minimum absolute atomic E-state index is 0.102. The molecule has 0 spiro atoms. The Morgan fingerprint density at radius 3 is 3.00 bits per heavy atom. The van der Waals surface area contributed by atoms with Crippen molar-refractivity contribution in [3.05, 3.63) is 35.3 Å². The molecule has 0 radical (unpaired) electrons. The number of hydrogen-bond acceptors (Lipinski definition) is 5. The summed E-state index contributed by atoms with van der Waals surface area (Å²) in [5.74, 6) is 1.49. The predicted molar refractivity (Wildman–Crippen MR) is 68.6 cm³/mol. The molecule has 20 heavy (non-hydrogen) atoms. The van der Waals surface area contributed by atoms with Gasteiger partial charge in [0.15, 0.2) is 0 Å². The van der Waals surface area contributed by atoms with Crippen molar-refractivity contribution < 1.29 is 9.21 Å². The summed E-state index contributed by atoms with van der Waals surface area (Å²) in [5, 5.41) is 13.0. The summed E-state index contributed by atoms with van der Waals surface area (Å²) >= 11 is 0. The lowest BCUT2D eigenvalue weighted by molar-refractivity contribution is 0.0808. The van der Waals surface area contributed by atoms with Crippen LogP contribution < -0.4 is 10.6 Å². The zero-order valence-electron chi connectivity index (χ0n) is 10.9. The standard InChI is InChI=1S/C13H15N5O2/c19-11(9-6-20-10-5-14-4-8(9)10)17-13(2-1-3-13)12-15-7-16-18-12/h6-7,14H,1-5H2,(H,17,19)(H,15,16,18). The highest BCUT2D eigenvalue weighted by Gasteiger charge is 2.43. The Kier molecular flexibility index (Phi) is 2.43. The van der Waals surface area contributed by atoms with Gasteiger partial charge in [0, 0.05) is 12.1 Å². The first-order valence-electron chi connectivity index (χ1n) is 6.77. The molecule has 1 fully saturated rings. The van der Waals surface area contributed by atoms with Crippen molar-refractivity contribution in [2.45, 2.75) is 37.9 Å². The number of fused-ring (bicyclic) bond motifs is 1. The second-order valence-corrected chi connectivity index (χ2v) is 5.38. The molecule has 7 nitrogen and oxygen atoms in total. The van der Waals surface area contributed by atoms with E-state index in [2.05, 4.69) is 25.8 Å². The number of rotatable bonds is 3. The number of nitrogens with one attached hydrogen (secondary N) is 3. The monoisotopic (exact) mass is 273 g/mol. The number of H-pyrrole nitrogens is 1. The molecule has 1 aliphatic heterocycles. The molecule has 0 unspecified atom stereocenters. The quantitative estimate of drug-likeness (QED) is 0.769. The molecule has 0 atom stereocenters. The van der Waals surface area contributed by atoms with Crippen LogP contribution in [0.15, 0.2) is 17.0 Å². The number of carbonyl (C=O) groups excluding carboxylic acids is 1. The second-order valence-electron chi connectivity index (χ2n) is 5.38. The third-order valence-electron chi connectivity index (χ3n) is 4.24. The summed E-state index contributed by atoms with van der Waals surface area (Å²) in [6, 6.07) is 0. The van der Waals surface area contributed by atoms with Gasteiger partial charge in [-0.2, -0.15) is 5.10 Å². The first-order chi connectivity index (χ1) is 9.78. The molecule has 3 N–H and O–H groups in total. The second kappa shape index (κ2) is 4.17. The number of nitrogens with zero attached hydrogens (tertiary/aromatic N) is 2. The van der Waals surface area contributed by atoms with Crippen molar-refractivity contribution in [1.29, 1.82) is 0 Å². The normalized spacial score (nSPS) is 19.4. The minimum Gasteiger partial charge on any atom is -0.467 e. The SMILES string of the molecule is O=C(NC1(c2ncn[nH]2)CCC1)c1coc2c1CNC2. The summed E-state index contributed by atoms with van der Waals surface area (Å²) in [7, 11) is 0. The molecule has 1 aliphatic carbocycles. The fourth-order valence-corrected chi connectivity index (χ4v) is 2.93. The Labute approximate surface area is 115 Å². The van der Waals surface area contributed by atoms with Gasteiger partial charge in [-0.1, -0.05) is 0 Å². The zero-order chi connectivity index (χ0) is 13.6. The van der Waals surface area contributed by atoms with E-state index in [-0.39, 0.29) is 5.91 Å². The van der Waals surface area contributed by atoms with E-state index in [4.69, 9.17) is 4.42 Å². The van der Waals surface area contributed by atoms with Gasteiger partial charge in [0.25, 0.3) is 5.91 Å². The van der Waals surface area contributed by atoms with Gasteiger partial charge in [-0.05, 0) is 19.3 Å². The number of aromatic nitrogens is 3. The molecule has 104 valence electrons. The van der Waals surface area contributed by atoms with E-state index in [0.29, 0.717) is 18.7 Å². The van der Waals surface area contributed by atoms with Gasteiger partial charge in [0.1, 0.15) is 24.2 Å². The Morgan fingerprint density at radius 2 is 2.30 bits per heavy atom. The third-order valence-corrected chi connectivity index (χ3v) is 4.24. The lowest BCUT2D eigenvalue weighted by Crippen LogP contribution is -2.51. The van der Waals surface area contributed by atoms with Crippen molar-refractivity contribution >= 4 is 5.91 Å². The summed E-state index contributed by atoms with van der Waals surface area (Å²) < 4.78 is 5.43. The molecule has 0 saturated heterocycles. The molecule has 3 heterocycles. The largest absolute Gasteiger partial charge is 0.467 e. The van der Waals surface area contributed by atoms with Gasteiger partial charge in [-0.3, -0.25) is 9.89 Å². The van der Waals surface area contributed by atoms with Gasteiger partial charge in [0.2, 0.25) is 0 Å². The number of hydrogen-bond donors (Lipinski definition) is 3. The van der Waals surface area contributed by atoms with Crippen LogP contribution in [-0.2, 0) is 18.6 Å². The van der Waals surface area contributed by atoms with Crippen molar-refractivity contribution in [2.75, 3.05) is 0 Å². The van der Waals surface area contributed by atoms with Gasteiger partial charge in [0.05, 0.1) is 17.6 Å². The van der Waals surface area contributed by atoms with E-state index in [9.17, 15) is 4.79 Å². The molecule has 1 saturated carbocycles. The van der Waals surface area contributed by atoms with E-state index >= 15 is 0 Å². The van der Waals surface area contributed by atoms with Crippen LogP contribution in [0.2, 0.25) is 0 Å². The van der Waals surface area contributed by atoms with Gasteiger partial charge >= 0.3 is 0 Å². The van der Waals surface area contributed by atoms with E-state index in [0.717, 1.165) is 36.4 Å². The summed E-state index contributed by atoms with van der Waals surface area (Å²) in [5.41, 5.74) is 1.19. The van der Waals surface area contributed by atoms with Crippen LogP contribution in [0.3, 0.4) is 0 Å². The number of carbonyl (C=O) groups is 1. The molecule has 2 aromatic rings. The van der Waals surface area contributed by atoms with E-state index in [1.807, 2.05) is 0 Å². The Balaban J connectivity index is 1.60. The van der Waals surface area contributed by atoms with E-state index in [1.165, 1.54) is 6.33 Å². The van der Waals surface area contributed by atoms with Gasteiger partial charge < -0.3 is 15.1 Å². The topological polar surface area (TPSA) is 95.8 Å². The number of amides is 1. The summed E-state index contributed by atoms with van der Waals surface area (Å²) in [4.78, 5) is 16.7. The van der Waals surface area contributed by atoms with Crippen LogP contribution in [0.1, 0.15) is 46.8 Å². The van der Waals surface area contributed by atoms with Crippen LogP contribution in [0.4, 0.5) is 0 Å². The smallest absolute Gasteiger partial charge is 0.255 e. The lowest BCUT2D eigenvalue weighted by atomic mass is 9.76. The summed E-state index contributed by atoms with van der Waals surface area (Å²) in [6.07, 6.45) is 5.86. The van der Waals surface area contributed by atoms with Gasteiger partial charge in [-0.15, -0.1) is 0 Å². The Bertz CT molecular complexity index is 642. The zero-order valence-corrected chi connectivity index (χ0v) is 10.9. The molecule has 1 amide bonds. The van der Waals surface area contributed by atoms with Crippen molar-refractivity contribution in [2.24, 2.45) is 0 Å². The van der Waals surface area contributed by atoms with E-state index in [1.54, 1.807) is 6.26 Å². The highest BCUT2D eigenvalue weighted by molar-refractivity contribution is 5.96. The average molecular weight is 273 g/mol. The maximum atomic E-state index is 12.5. The molecular formula is C13H15N5O2. The predicted octanol–water partition coefficient (Wildman–Crippen LogP) is 0.810.